The summed E-state index contributed by atoms with van der Waals surface area (Å²) in [5, 5.41) is 11.4. The summed E-state index contributed by atoms with van der Waals surface area (Å²) in [7, 11) is 0. The van der Waals surface area contributed by atoms with Crippen LogP contribution in [0.5, 0.6) is 5.75 Å². The van der Waals surface area contributed by atoms with Crippen LogP contribution in [0.2, 0.25) is 5.02 Å². The van der Waals surface area contributed by atoms with Gasteiger partial charge in [0.25, 0.3) is 5.91 Å². The summed E-state index contributed by atoms with van der Waals surface area (Å²) < 4.78 is 10.5. The van der Waals surface area contributed by atoms with Crippen LogP contribution in [-0.4, -0.2) is 31.6 Å². The molecular weight excluding hydrogens is 308 g/mol. The number of ether oxygens (including phenoxy) is 2. The number of benzene rings is 1. The molecule has 0 bridgehead atoms. The minimum absolute atomic E-state index is 0.212. The Morgan fingerprint density at radius 1 is 1.50 bits per heavy atom. The number of nitriles is 1. The number of nitrogens with one attached hydrogen (secondary N) is 1. The van der Waals surface area contributed by atoms with E-state index in [4.69, 9.17) is 26.3 Å². The number of hydrogen-bond acceptors (Lipinski definition) is 5. The first kappa shape index (κ1) is 16.1. The van der Waals surface area contributed by atoms with Gasteiger partial charge >= 0.3 is 5.97 Å². The molecule has 0 radical (unpaired) electrons. The van der Waals surface area contributed by atoms with Gasteiger partial charge in [0.1, 0.15) is 12.4 Å². The lowest BCUT2D eigenvalue weighted by atomic mass is 9.97. The van der Waals surface area contributed by atoms with Crippen molar-refractivity contribution in [3.8, 4) is 11.8 Å². The Morgan fingerprint density at radius 2 is 2.32 bits per heavy atom. The first-order chi connectivity index (χ1) is 10.6. The van der Waals surface area contributed by atoms with Crippen LogP contribution in [0.25, 0.3) is 0 Å². The fourth-order valence-corrected chi connectivity index (χ4v) is 2.27. The highest BCUT2D eigenvalue weighted by Gasteiger charge is 2.27. The van der Waals surface area contributed by atoms with Crippen molar-refractivity contribution in [2.24, 2.45) is 5.92 Å². The number of rotatable bonds is 5. The molecule has 2 rings (SSSR count). The maximum absolute atomic E-state index is 12.0. The van der Waals surface area contributed by atoms with E-state index in [1.54, 1.807) is 18.2 Å². The Bertz CT molecular complexity index is 612. The standard InChI is InChI=1S/C15H15ClN2O4/c16-12-2-3-13-10(7-12)6-11(8-21-13)15(20)22-9-14(19)18-5-1-4-17/h2-3,7,11H,1,5-6,8-9H2,(H,18,19). The van der Waals surface area contributed by atoms with Gasteiger partial charge < -0.3 is 14.8 Å². The van der Waals surface area contributed by atoms with E-state index in [1.807, 2.05) is 6.07 Å². The molecule has 1 aromatic carbocycles. The lowest BCUT2D eigenvalue weighted by molar-refractivity contribution is -0.153. The Balaban J connectivity index is 1.82. The van der Waals surface area contributed by atoms with E-state index in [-0.39, 0.29) is 26.2 Å². The first-order valence-electron chi connectivity index (χ1n) is 6.81. The maximum Gasteiger partial charge on any atom is 0.313 e. The minimum Gasteiger partial charge on any atom is -0.492 e. The third-order valence-corrected chi connectivity index (χ3v) is 3.40. The van der Waals surface area contributed by atoms with Crippen LogP contribution < -0.4 is 10.1 Å². The smallest absolute Gasteiger partial charge is 0.313 e. The predicted octanol–water partition coefficient (Wildman–Crippen LogP) is 1.46. The van der Waals surface area contributed by atoms with Gasteiger partial charge in [-0.05, 0) is 30.2 Å². The molecule has 0 aliphatic carbocycles. The molecule has 22 heavy (non-hydrogen) atoms. The van der Waals surface area contributed by atoms with Crippen molar-refractivity contribution >= 4 is 23.5 Å². The van der Waals surface area contributed by atoms with Gasteiger partial charge in [-0.1, -0.05) is 11.6 Å². The Hall–Kier alpha value is -2.26. The van der Waals surface area contributed by atoms with Gasteiger partial charge in [-0.25, -0.2) is 0 Å². The van der Waals surface area contributed by atoms with Crippen LogP contribution in [0, 0.1) is 17.2 Å². The largest absolute Gasteiger partial charge is 0.492 e. The highest BCUT2D eigenvalue weighted by Crippen LogP contribution is 2.30. The van der Waals surface area contributed by atoms with Gasteiger partial charge in [0, 0.05) is 11.6 Å². The molecule has 116 valence electrons. The fraction of sp³-hybridized carbons (Fsp3) is 0.400. The molecule has 0 spiro atoms. The maximum atomic E-state index is 12.0. The van der Waals surface area contributed by atoms with Crippen LogP contribution in [0.15, 0.2) is 18.2 Å². The molecule has 1 amide bonds. The molecule has 1 aliphatic heterocycles. The molecule has 1 unspecified atom stereocenters. The second-order valence-electron chi connectivity index (χ2n) is 4.83. The van der Waals surface area contributed by atoms with Crippen molar-refractivity contribution in [3.63, 3.8) is 0 Å². The Kier molecular flexibility index (Phi) is 5.61. The van der Waals surface area contributed by atoms with Gasteiger partial charge in [-0.15, -0.1) is 0 Å². The highest BCUT2D eigenvalue weighted by molar-refractivity contribution is 6.30. The number of carbonyl (C=O) groups is 2. The monoisotopic (exact) mass is 322 g/mol. The quantitative estimate of drug-likeness (QED) is 0.655. The molecule has 1 aromatic rings. The summed E-state index contributed by atoms with van der Waals surface area (Å²) in [4.78, 5) is 23.4. The molecule has 0 saturated heterocycles. The number of carbonyl (C=O) groups excluding carboxylic acids is 2. The molecule has 0 saturated carbocycles. The SMILES string of the molecule is N#CCCNC(=O)COC(=O)C1COc2ccc(Cl)cc2C1. The third kappa shape index (κ3) is 4.37. The molecule has 1 atom stereocenters. The number of hydrogen-bond donors (Lipinski definition) is 1. The van der Waals surface area contributed by atoms with Gasteiger partial charge in [-0.3, -0.25) is 9.59 Å². The van der Waals surface area contributed by atoms with E-state index < -0.39 is 17.8 Å². The number of amides is 1. The van der Waals surface area contributed by atoms with Gasteiger partial charge in [-0.2, -0.15) is 5.26 Å². The molecule has 1 aliphatic rings. The van der Waals surface area contributed by atoms with Gasteiger partial charge in [0.15, 0.2) is 6.61 Å². The van der Waals surface area contributed by atoms with Crippen LogP contribution in [0.3, 0.4) is 0 Å². The fourth-order valence-electron chi connectivity index (χ4n) is 2.08. The summed E-state index contributed by atoms with van der Waals surface area (Å²) in [6.07, 6.45) is 0.679. The zero-order valence-corrected chi connectivity index (χ0v) is 12.6. The van der Waals surface area contributed by atoms with E-state index >= 15 is 0 Å². The summed E-state index contributed by atoms with van der Waals surface area (Å²) >= 11 is 5.92. The summed E-state index contributed by atoms with van der Waals surface area (Å²) in [6.45, 7) is 0.0952. The second kappa shape index (κ2) is 7.66. The van der Waals surface area contributed by atoms with Gasteiger partial charge in [0.05, 0.1) is 18.4 Å². The number of fused-ring (bicyclic) bond motifs is 1. The van der Waals surface area contributed by atoms with Crippen LogP contribution >= 0.6 is 11.6 Å². The molecule has 1 N–H and O–H groups in total. The average molecular weight is 323 g/mol. The summed E-state index contributed by atoms with van der Waals surface area (Å²) in [6, 6.07) is 7.15. The first-order valence-corrected chi connectivity index (χ1v) is 7.19. The predicted molar refractivity (Wildman–Crippen MR) is 78.3 cm³/mol. The molecule has 0 fully saturated rings. The normalized spacial score (nSPS) is 15.9. The molecule has 6 nitrogen and oxygen atoms in total. The van der Waals surface area contributed by atoms with Crippen molar-refractivity contribution < 1.29 is 19.1 Å². The highest BCUT2D eigenvalue weighted by atomic mass is 35.5. The van der Waals surface area contributed by atoms with Crippen molar-refractivity contribution in [1.29, 1.82) is 5.26 Å². The summed E-state index contributed by atoms with van der Waals surface area (Å²) in [5.74, 6) is -0.662. The van der Waals surface area contributed by atoms with Crippen molar-refractivity contribution in [1.82, 2.24) is 5.32 Å². The van der Waals surface area contributed by atoms with Crippen LogP contribution in [0.1, 0.15) is 12.0 Å². The molecule has 1 heterocycles. The third-order valence-electron chi connectivity index (χ3n) is 3.17. The zero-order chi connectivity index (χ0) is 15.9. The molecule has 0 aromatic heterocycles. The topological polar surface area (TPSA) is 88.4 Å². The van der Waals surface area contributed by atoms with E-state index in [9.17, 15) is 9.59 Å². The van der Waals surface area contributed by atoms with Crippen molar-refractivity contribution in [2.75, 3.05) is 19.8 Å². The average Bonchev–Trinajstić information content (AvgIpc) is 2.52. The van der Waals surface area contributed by atoms with E-state index in [0.717, 1.165) is 5.56 Å². The number of nitrogens with zero attached hydrogens (tertiary/aromatic N) is 1. The van der Waals surface area contributed by atoms with E-state index in [2.05, 4.69) is 5.32 Å². The van der Waals surface area contributed by atoms with E-state index in [0.29, 0.717) is 17.2 Å². The van der Waals surface area contributed by atoms with Crippen LogP contribution in [0.4, 0.5) is 0 Å². The van der Waals surface area contributed by atoms with Crippen molar-refractivity contribution in [3.05, 3.63) is 28.8 Å². The van der Waals surface area contributed by atoms with Gasteiger partial charge in [0.2, 0.25) is 0 Å². The lowest BCUT2D eigenvalue weighted by Crippen LogP contribution is -2.34. The molecule has 7 heteroatoms. The lowest BCUT2D eigenvalue weighted by Gasteiger charge is -2.24. The van der Waals surface area contributed by atoms with E-state index in [1.165, 1.54) is 0 Å². The number of halogens is 1. The zero-order valence-electron chi connectivity index (χ0n) is 11.8. The Labute approximate surface area is 133 Å². The molecular formula is C15H15ClN2O4. The second-order valence-corrected chi connectivity index (χ2v) is 5.27. The number of esters is 1. The van der Waals surface area contributed by atoms with Crippen LogP contribution in [-0.2, 0) is 20.7 Å². The van der Waals surface area contributed by atoms with Crippen molar-refractivity contribution in [2.45, 2.75) is 12.8 Å². The Morgan fingerprint density at radius 3 is 3.09 bits per heavy atom. The summed E-state index contributed by atoms with van der Waals surface area (Å²) in [5.41, 5.74) is 0.846. The minimum atomic E-state index is -0.485.